The van der Waals surface area contributed by atoms with Gasteiger partial charge in [-0.3, -0.25) is 9.59 Å². The van der Waals surface area contributed by atoms with E-state index in [1.807, 2.05) is 0 Å². The second kappa shape index (κ2) is 8.33. The number of carbonyl (C=O) groups is 2. The van der Waals surface area contributed by atoms with E-state index in [9.17, 15) is 22.8 Å². The molecule has 0 unspecified atom stereocenters. The van der Waals surface area contributed by atoms with Gasteiger partial charge in [-0.2, -0.15) is 0 Å². The average molecular weight is 443 g/mol. The van der Waals surface area contributed by atoms with E-state index in [2.05, 4.69) is 10.3 Å². The Kier molecular flexibility index (Phi) is 5.71. The highest BCUT2D eigenvalue weighted by Crippen LogP contribution is 2.48. The minimum atomic E-state index is -0.709. The molecule has 1 atom stereocenters. The van der Waals surface area contributed by atoms with Gasteiger partial charge >= 0.3 is 0 Å². The molecule has 2 N–H and O–H groups in total. The largest absolute Gasteiger partial charge is 0.352 e. The monoisotopic (exact) mass is 443 g/mol. The number of aromatic amines is 1. The zero-order valence-corrected chi connectivity index (χ0v) is 18.0. The van der Waals surface area contributed by atoms with Crippen LogP contribution in [0.1, 0.15) is 31.2 Å². The quantitative estimate of drug-likeness (QED) is 0.616. The molecule has 1 aliphatic rings. The van der Waals surface area contributed by atoms with E-state index in [4.69, 9.17) is 0 Å². The van der Waals surface area contributed by atoms with Gasteiger partial charge in [0.1, 0.15) is 23.5 Å². The topological polar surface area (TPSA) is 65.2 Å². The number of aromatic nitrogens is 1. The molecule has 3 aromatic rings. The van der Waals surface area contributed by atoms with Crippen LogP contribution >= 0.6 is 0 Å². The highest BCUT2D eigenvalue weighted by molar-refractivity contribution is 5.93. The predicted molar refractivity (Wildman–Crippen MR) is 115 cm³/mol. The van der Waals surface area contributed by atoms with Gasteiger partial charge < -0.3 is 15.2 Å². The van der Waals surface area contributed by atoms with Crippen molar-refractivity contribution in [2.24, 2.45) is 5.92 Å². The Morgan fingerprint density at radius 1 is 1.06 bits per heavy atom. The SMILES string of the molecule is C[C@H](NC(=O)[C@H]1C[C@H](c2c(-c3ccc(F)cc3)[nH]c3c(F)cc(F)cc32)C1)C(=O)N(C)C. The van der Waals surface area contributed by atoms with Crippen LogP contribution in [0.5, 0.6) is 0 Å². The Morgan fingerprint density at radius 3 is 2.34 bits per heavy atom. The molecule has 4 rings (SSSR count). The number of halogens is 3. The van der Waals surface area contributed by atoms with Crippen LogP contribution in [0.3, 0.4) is 0 Å². The maximum Gasteiger partial charge on any atom is 0.244 e. The molecule has 1 aromatic heterocycles. The molecule has 1 heterocycles. The minimum Gasteiger partial charge on any atom is -0.352 e. The fourth-order valence-electron chi connectivity index (χ4n) is 4.36. The molecule has 0 bridgehead atoms. The first kappa shape index (κ1) is 21.9. The van der Waals surface area contributed by atoms with Crippen LogP contribution in [0.15, 0.2) is 36.4 Å². The number of carbonyl (C=O) groups excluding carboxylic acids is 2. The van der Waals surface area contributed by atoms with Crippen molar-refractivity contribution >= 4 is 22.7 Å². The number of amides is 2. The van der Waals surface area contributed by atoms with E-state index in [0.29, 0.717) is 35.0 Å². The lowest BCUT2D eigenvalue weighted by molar-refractivity contribution is -0.136. The third-order valence-electron chi connectivity index (χ3n) is 6.08. The van der Waals surface area contributed by atoms with Gasteiger partial charge in [-0.15, -0.1) is 0 Å². The second-order valence-electron chi connectivity index (χ2n) is 8.56. The number of hydrogen-bond acceptors (Lipinski definition) is 2. The van der Waals surface area contributed by atoms with Crippen LogP contribution in [-0.4, -0.2) is 41.8 Å². The molecule has 2 amide bonds. The van der Waals surface area contributed by atoms with Crippen molar-refractivity contribution in [1.82, 2.24) is 15.2 Å². The number of H-pyrrole nitrogens is 1. The van der Waals surface area contributed by atoms with Gasteiger partial charge in [0.15, 0.2) is 0 Å². The van der Waals surface area contributed by atoms with Gasteiger partial charge in [-0.25, -0.2) is 13.2 Å². The van der Waals surface area contributed by atoms with Crippen LogP contribution in [0.25, 0.3) is 22.2 Å². The molecule has 0 saturated heterocycles. The van der Waals surface area contributed by atoms with E-state index in [-0.39, 0.29) is 29.2 Å². The summed E-state index contributed by atoms with van der Waals surface area (Å²) in [6.45, 7) is 1.63. The van der Waals surface area contributed by atoms with Gasteiger partial charge in [0.05, 0.1) is 11.2 Å². The van der Waals surface area contributed by atoms with Crippen molar-refractivity contribution in [2.45, 2.75) is 31.7 Å². The normalized spacial score (nSPS) is 18.8. The second-order valence-corrected chi connectivity index (χ2v) is 8.56. The molecule has 5 nitrogen and oxygen atoms in total. The van der Waals surface area contributed by atoms with Crippen LogP contribution in [0, 0.1) is 23.4 Å². The Morgan fingerprint density at radius 2 is 1.72 bits per heavy atom. The van der Waals surface area contributed by atoms with Crippen molar-refractivity contribution < 1.29 is 22.8 Å². The summed E-state index contributed by atoms with van der Waals surface area (Å²) >= 11 is 0. The molecule has 2 aromatic carbocycles. The molecule has 1 saturated carbocycles. The molecule has 0 aliphatic heterocycles. The summed E-state index contributed by atoms with van der Waals surface area (Å²) in [6.07, 6.45) is 0.960. The number of fused-ring (bicyclic) bond motifs is 1. The first-order valence-electron chi connectivity index (χ1n) is 10.4. The molecular formula is C24H24F3N3O2. The minimum absolute atomic E-state index is 0.111. The number of benzene rings is 2. The predicted octanol–water partition coefficient (Wildman–Crippen LogP) is 4.34. The molecule has 32 heavy (non-hydrogen) atoms. The fourth-order valence-corrected chi connectivity index (χ4v) is 4.36. The van der Waals surface area contributed by atoms with Crippen molar-refractivity contribution in [2.75, 3.05) is 14.1 Å². The third kappa shape index (κ3) is 3.97. The number of hydrogen-bond donors (Lipinski definition) is 2. The Labute approximate surface area is 183 Å². The smallest absolute Gasteiger partial charge is 0.244 e. The average Bonchev–Trinajstić information content (AvgIpc) is 3.06. The molecule has 0 spiro atoms. The first-order valence-corrected chi connectivity index (χ1v) is 10.4. The van der Waals surface area contributed by atoms with E-state index >= 15 is 0 Å². The van der Waals surface area contributed by atoms with Crippen LogP contribution in [0.2, 0.25) is 0 Å². The van der Waals surface area contributed by atoms with Gasteiger partial charge in [-0.1, -0.05) is 0 Å². The molecule has 1 fully saturated rings. The maximum atomic E-state index is 14.5. The molecule has 0 radical (unpaired) electrons. The molecule has 8 heteroatoms. The number of nitrogens with one attached hydrogen (secondary N) is 2. The summed E-state index contributed by atoms with van der Waals surface area (Å²) < 4.78 is 41.9. The molecule has 1 aliphatic carbocycles. The summed E-state index contributed by atoms with van der Waals surface area (Å²) in [6, 6.07) is 7.23. The summed E-state index contributed by atoms with van der Waals surface area (Å²) in [5.74, 6) is -2.63. The first-order chi connectivity index (χ1) is 15.2. The van der Waals surface area contributed by atoms with Crippen molar-refractivity contribution in [3.8, 4) is 11.3 Å². The van der Waals surface area contributed by atoms with Crippen LogP contribution in [-0.2, 0) is 9.59 Å². The van der Waals surface area contributed by atoms with Crippen molar-refractivity contribution in [3.05, 3.63) is 59.4 Å². The number of rotatable bonds is 5. The van der Waals surface area contributed by atoms with E-state index < -0.39 is 23.5 Å². The summed E-state index contributed by atoms with van der Waals surface area (Å²) in [5.41, 5.74) is 2.13. The lowest BCUT2D eigenvalue weighted by Crippen LogP contribution is -2.48. The number of likely N-dealkylation sites (N-methyl/N-ethyl adjacent to an activating group) is 1. The lowest BCUT2D eigenvalue weighted by atomic mass is 9.69. The zero-order chi connectivity index (χ0) is 23.2. The van der Waals surface area contributed by atoms with Crippen LogP contribution in [0.4, 0.5) is 13.2 Å². The summed E-state index contributed by atoms with van der Waals surface area (Å²) in [4.78, 5) is 29.0. The summed E-state index contributed by atoms with van der Waals surface area (Å²) in [5, 5.41) is 3.16. The van der Waals surface area contributed by atoms with Crippen molar-refractivity contribution in [3.63, 3.8) is 0 Å². The Bertz CT molecular complexity index is 1180. The summed E-state index contributed by atoms with van der Waals surface area (Å²) in [7, 11) is 3.24. The van der Waals surface area contributed by atoms with E-state index in [0.717, 1.165) is 6.07 Å². The molecule has 168 valence electrons. The van der Waals surface area contributed by atoms with Gasteiger partial charge in [0.25, 0.3) is 0 Å². The van der Waals surface area contributed by atoms with E-state index in [1.54, 1.807) is 33.2 Å². The van der Waals surface area contributed by atoms with Gasteiger partial charge in [-0.05, 0) is 67.1 Å². The van der Waals surface area contributed by atoms with Crippen molar-refractivity contribution in [1.29, 1.82) is 0 Å². The van der Waals surface area contributed by atoms with E-state index in [1.165, 1.54) is 23.1 Å². The van der Waals surface area contributed by atoms with Gasteiger partial charge in [0.2, 0.25) is 11.8 Å². The molecular weight excluding hydrogens is 419 g/mol. The van der Waals surface area contributed by atoms with Crippen LogP contribution < -0.4 is 5.32 Å². The zero-order valence-electron chi connectivity index (χ0n) is 18.0. The highest BCUT2D eigenvalue weighted by atomic mass is 19.1. The number of nitrogens with zero attached hydrogens (tertiary/aromatic N) is 1. The lowest BCUT2D eigenvalue weighted by Gasteiger charge is -2.35. The fraction of sp³-hybridized carbons (Fsp3) is 0.333. The Balaban J connectivity index is 1.62. The van der Waals surface area contributed by atoms with Gasteiger partial charge in [0, 0.05) is 31.5 Å². The standard InChI is InChI=1S/C24H24F3N3O2/c1-12(24(32)30(2)3)28-23(31)15-8-14(9-15)20-18-10-17(26)11-19(27)22(18)29-21(20)13-4-6-16(25)7-5-13/h4-7,10-12,14-15,29H,8-9H2,1-3H3,(H,28,31)/t12-,14-,15-/m0/s1. The third-order valence-corrected chi connectivity index (χ3v) is 6.08. The highest BCUT2D eigenvalue weighted by Gasteiger charge is 2.39. The Hall–Kier alpha value is -3.29. The maximum absolute atomic E-state index is 14.5.